The number of rotatable bonds is 3. The van der Waals surface area contributed by atoms with E-state index in [1.54, 1.807) is 0 Å². The van der Waals surface area contributed by atoms with Gasteiger partial charge in [0.1, 0.15) is 0 Å². The first-order valence-corrected chi connectivity index (χ1v) is 7.66. The van der Waals surface area contributed by atoms with Crippen LogP contribution in [0.2, 0.25) is 0 Å². The molecule has 3 heteroatoms. The number of para-hydroxylation sites is 1. The fraction of sp³-hybridized carbons (Fsp3) is 0.278. The minimum atomic E-state index is 0.631. The van der Waals surface area contributed by atoms with E-state index in [4.69, 9.17) is 12.2 Å². The number of nitrogens with one attached hydrogen (secondary N) is 2. The highest BCUT2D eigenvalue weighted by Crippen LogP contribution is 2.22. The summed E-state index contributed by atoms with van der Waals surface area (Å²) in [6, 6.07) is 12.6. The van der Waals surface area contributed by atoms with Crippen LogP contribution >= 0.6 is 12.2 Å². The number of aryl methyl sites for hydroxylation is 4. The summed E-state index contributed by atoms with van der Waals surface area (Å²) >= 11 is 5.46. The quantitative estimate of drug-likeness (QED) is 0.781. The Balaban J connectivity index is 2.15. The highest BCUT2D eigenvalue weighted by atomic mass is 32.1. The molecule has 0 aromatic heterocycles. The van der Waals surface area contributed by atoms with Crippen molar-refractivity contribution in [1.82, 2.24) is 0 Å². The maximum atomic E-state index is 5.46. The Morgan fingerprint density at radius 3 is 2.43 bits per heavy atom. The van der Waals surface area contributed by atoms with Gasteiger partial charge >= 0.3 is 0 Å². The number of hydrogen-bond acceptors (Lipinski definition) is 1. The standard InChI is InChI=1S/C18H22N2S/c1-5-15-8-6-7-13(3)17(15)20-18(21)19-16-10-9-12(2)11-14(16)4/h6-11H,5H2,1-4H3,(H2,19,20,21). The van der Waals surface area contributed by atoms with Gasteiger partial charge in [-0.1, -0.05) is 42.8 Å². The van der Waals surface area contributed by atoms with Crippen molar-refractivity contribution in [2.24, 2.45) is 0 Å². The molecule has 0 unspecified atom stereocenters. The van der Waals surface area contributed by atoms with Gasteiger partial charge in [0.25, 0.3) is 0 Å². The summed E-state index contributed by atoms with van der Waals surface area (Å²) in [5.74, 6) is 0. The molecule has 0 spiro atoms. The van der Waals surface area contributed by atoms with Gasteiger partial charge in [0.15, 0.2) is 5.11 Å². The average Bonchev–Trinajstić information content (AvgIpc) is 2.44. The van der Waals surface area contributed by atoms with Crippen molar-refractivity contribution in [3.05, 3.63) is 58.7 Å². The van der Waals surface area contributed by atoms with Gasteiger partial charge in [0.05, 0.1) is 0 Å². The number of hydrogen-bond donors (Lipinski definition) is 2. The first kappa shape index (κ1) is 15.5. The summed E-state index contributed by atoms with van der Waals surface area (Å²) in [4.78, 5) is 0. The number of benzene rings is 2. The summed E-state index contributed by atoms with van der Waals surface area (Å²) in [5.41, 5.74) is 7.09. The Hall–Kier alpha value is -1.87. The van der Waals surface area contributed by atoms with Gasteiger partial charge in [-0.15, -0.1) is 0 Å². The molecule has 0 amide bonds. The third-order valence-electron chi connectivity index (χ3n) is 3.61. The lowest BCUT2D eigenvalue weighted by Crippen LogP contribution is -2.21. The van der Waals surface area contributed by atoms with Gasteiger partial charge in [-0.3, -0.25) is 0 Å². The lowest BCUT2D eigenvalue weighted by atomic mass is 10.1. The van der Waals surface area contributed by atoms with Crippen LogP contribution in [0.25, 0.3) is 0 Å². The molecule has 0 radical (unpaired) electrons. The maximum absolute atomic E-state index is 5.46. The van der Waals surface area contributed by atoms with E-state index < -0.39 is 0 Å². The van der Waals surface area contributed by atoms with Crippen molar-refractivity contribution in [2.75, 3.05) is 10.6 Å². The molecule has 110 valence electrons. The van der Waals surface area contributed by atoms with Crippen LogP contribution in [0.15, 0.2) is 36.4 Å². The van der Waals surface area contributed by atoms with Crippen molar-refractivity contribution in [1.29, 1.82) is 0 Å². The van der Waals surface area contributed by atoms with E-state index in [-0.39, 0.29) is 0 Å². The van der Waals surface area contributed by atoms with Crippen LogP contribution in [0.4, 0.5) is 11.4 Å². The SMILES string of the molecule is CCc1cccc(C)c1NC(=S)Nc1ccc(C)cc1C. The van der Waals surface area contributed by atoms with Crippen LogP contribution in [-0.4, -0.2) is 5.11 Å². The van der Waals surface area contributed by atoms with Crippen LogP contribution < -0.4 is 10.6 Å². The molecule has 21 heavy (non-hydrogen) atoms. The molecule has 0 saturated carbocycles. The third-order valence-corrected chi connectivity index (χ3v) is 3.81. The van der Waals surface area contributed by atoms with Gasteiger partial charge in [-0.25, -0.2) is 0 Å². The second-order valence-corrected chi connectivity index (χ2v) is 5.77. The summed E-state index contributed by atoms with van der Waals surface area (Å²) in [7, 11) is 0. The predicted octanol–water partition coefficient (Wildman–Crippen LogP) is 4.98. The van der Waals surface area contributed by atoms with Gasteiger partial charge < -0.3 is 10.6 Å². The van der Waals surface area contributed by atoms with Crippen molar-refractivity contribution in [2.45, 2.75) is 34.1 Å². The van der Waals surface area contributed by atoms with Crippen LogP contribution in [0, 0.1) is 20.8 Å². The highest BCUT2D eigenvalue weighted by Gasteiger charge is 2.07. The highest BCUT2D eigenvalue weighted by molar-refractivity contribution is 7.80. The summed E-state index contributed by atoms with van der Waals surface area (Å²) in [5, 5.41) is 7.26. The Kier molecular flexibility index (Phi) is 4.97. The first-order valence-electron chi connectivity index (χ1n) is 7.25. The lowest BCUT2D eigenvalue weighted by molar-refractivity contribution is 1.13. The fourth-order valence-corrected chi connectivity index (χ4v) is 2.63. The van der Waals surface area contributed by atoms with E-state index in [2.05, 4.69) is 74.7 Å². The van der Waals surface area contributed by atoms with Crippen LogP contribution in [-0.2, 0) is 6.42 Å². The Bertz CT molecular complexity index is 662. The minimum Gasteiger partial charge on any atom is -0.332 e. The second kappa shape index (κ2) is 6.72. The molecular weight excluding hydrogens is 276 g/mol. The average molecular weight is 298 g/mol. The molecule has 0 aliphatic heterocycles. The molecule has 0 fully saturated rings. The molecule has 0 saturated heterocycles. The predicted molar refractivity (Wildman–Crippen MR) is 96.3 cm³/mol. The van der Waals surface area contributed by atoms with Crippen molar-refractivity contribution in [3.8, 4) is 0 Å². The number of anilines is 2. The molecule has 2 N–H and O–H groups in total. The normalized spacial score (nSPS) is 10.3. The van der Waals surface area contributed by atoms with Gasteiger partial charge in [-0.05, 0) is 62.2 Å². The van der Waals surface area contributed by atoms with E-state index in [1.165, 1.54) is 22.3 Å². The number of thiocarbonyl (C=S) groups is 1. The monoisotopic (exact) mass is 298 g/mol. The lowest BCUT2D eigenvalue weighted by Gasteiger charge is -2.17. The topological polar surface area (TPSA) is 24.1 Å². The van der Waals surface area contributed by atoms with Crippen molar-refractivity contribution >= 4 is 28.7 Å². The Morgan fingerprint density at radius 1 is 1.00 bits per heavy atom. The van der Waals surface area contributed by atoms with E-state index >= 15 is 0 Å². The van der Waals surface area contributed by atoms with Gasteiger partial charge in [0.2, 0.25) is 0 Å². The van der Waals surface area contributed by atoms with E-state index in [0.29, 0.717) is 5.11 Å². The zero-order valence-corrected chi connectivity index (χ0v) is 13.9. The second-order valence-electron chi connectivity index (χ2n) is 5.36. The third kappa shape index (κ3) is 3.82. The molecule has 2 rings (SSSR count). The minimum absolute atomic E-state index is 0.631. The smallest absolute Gasteiger partial charge is 0.175 e. The van der Waals surface area contributed by atoms with E-state index in [9.17, 15) is 0 Å². The van der Waals surface area contributed by atoms with Crippen molar-refractivity contribution < 1.29 is 0 Å². The zero-order chi connectivity index (χ0) is 15.4. The van der Waals surface area contributed by atoms with Crippen LogP contribution in [0.1, 0.15) is 29.2 Å². The van der Waals surface area contributed by atoms with Gasteiger partial charge in [0, 0.05) is 11.4 Å². The molecular formula is C18H22N2S. The molecule has 0 heterocycles. The fourth-order valence-electron chi connectivity index (χ4n) is 2.42. The summed E-state index contributed by atoms with van der Waals surface area (Å²) in [6.45, 7) is 8.43. The van der Waals surface area contributed by atoms with Crippen LogP contribution in [0.5, 0.6) is 0 Å². The maximum Gasteiger partial charge on any atom is 0.175 e. The molecule has 0 atom stereocenters. The molecule has 2 aromatic carbocycles. The van der Waals surface area contributed by atoms with Gasteiger partial charge in [-0.2, -0.15) is 0 Å². The molecule has 2 nitrogen and oxygen atoms in total. The molecule has 0 aliphatic rings. The largest absolute Gasteiger partial charge is 0.332 e. The Labute approximate surface area is 132 Å². The summed E-state index contributed by atoms with van der Waals surface area (Å²) < 4.78 is 0. The first-order chi connectivity index (χ1) is 10.0. The molecule has 0 bridgehead atoms. The summed E-state index contributed by atoms with van der Waals surface area (Å²) in [6.07, 6.45) is 0.982. The Morgan fingerprint density at radius 2 is 1.76 bits per heavy atom. The zero-order valence-electron chi connectivity index (χ0n) is 13.1. The van der Waals surface area contributed by atoms with Crippen LogP contribution in [0.3, 0.4) is 0 Å². The van der Waals surface area contributed by atoms with Crippen molar-refractivity contribution in [3.63, 3.8) is 0 Å². The van der Waals surface area contributed by atoms with E-state index in [0.717, 1.165) is 17.8 Å². The molecule has 2 aromatic rings. The molecule has 0 aliphatic carbocycles. The van der Waals surface area contributed by atoms with E-state index in [1.807, 2.05) is 0 Å².